The molecule has 1 atom stereocenters. The van der Waals surface area contributed by atoms with E-state index in [4.69, 9.17) is 9.15 Å². The van der Waals surface area contributed by atoms with Crippen molar-refractivity contribution in [3.05, 3.63) is 53.5 Å². The summed E-state index contributed by atoms with van der Waals surface area (Å²) in [5, 5.41) is 3.36. The van der Waals surface area contributed by atoms with E-state index in [0.29, 0.717) is 18.9 Å². The Balaban J connectivity index is 1.64. The van der Waals surface area contributed by atoms with Gasteiger partial charge < -0.3 is 14.5 Å². The second kappa shape index (κ2) is 7.40. The van der Waals surface area contributed by atoms with Gasteiger partial charge in [-0.15, -0.1) is 0 Å². The highest BCUT2D eigenvalue weighted by molar-refractivity contribution is 7.91. The van der Waals surface area contributed by atoms with Crippen molar-refractivity contribution in [2.75, 3.05) is 11.5 Å². The fourth-order valence-electron chi connectivity index (χ4n) is 2.92. The summed E-state index contributed by atoms with van der Waals surface area (Å²) in [6.45, 7) is 2.99. The lowest BCUT2D eigenvalue weighted by Gasteiger charge is -2.23. The molecule has 1 aromatic carbocycles. The van der Waals surface area contributed by atoms with Crippen molar-refractivity contribution in [3.63, 3.8) is 0 Å². The van der Waals surface area contributed by atoms with E-state index in [1.165, 1.54) is 0 Å². The largest absolute Gasteiger partial charge is 0.485 e. The molecule has 1 aliphatic rings. The highest BCUT2D eigenvalue weighted by Gasteiger charge is 2.24. The van der Waals surface area contributed by atoms with E-state index >= 15 is 0 Å². The molecule has 0 saturated carbocycles. The molecule has 1 unspecified atom stereocenters. The zero-order valence-corrected chi connectivity index (χ0v) is 14.6. The number of ether oxygens (including phenoxy) is 1. The molecule has 1 aromatic heterocycles. The number of hydrogen-bond donors (Lipinski definition) is 1. The van der Waals surface area contributed by atoms with Crippen LogP contribution in [-0.2, 0) is 23.0 Å². The molecule has 130 valence electrons. The molecule has 2 heterocycles. The Hall–Kier alpha value is -1.79. The van der Waals surface area contributed by atoms with Crippen molar-refractivity contribution in [2.45, 2.75) is 39.0 Å². The molecule has 2 aromatic rings. The predicted octanol–water partition coefficient (Wildman–Crippen LogP) is 2.83. The van der Waals surface area contributed by atoms with Crippen LogP contribution in [0.4, 0.5) is 0 Å². The van der Waals surface area contributed by atoms with Gasteiger partial charge in [-0.05, 0) is 43.5 Å². The van der Waals surface area contributed by atoms with E-state index in [1.807, 2.05) is 37.3 Å². The summed E-state index contributed by atoms with van der Waals surface area (Å²) in [7, 11) is -2.90. The lowest BCUT2D eigenvalue weighted by molar-refractivity contribution is 0.266. The Morgan fingerprint density at radius 1 is 1.33 bits per heavy atom. The van der Waals surface area contributed by atoms with Gasteiger partial charge in [-0.25, -0.2) is 8.42 Å². The van der Waals surface area contributed by atoms with Gasteiger partial charge in [0, 0.05) is 18.2 Å². The van der Waals surface area contributed by atoms with E-state index in [-0.39, 0.29) is 11.8 Å². The van der Waals surface area contributed by atoms with Crippen molar-refractivity contribution >= 4 is 9.84 Å². The summed E-state index contributed by atoms with van der Waals surface area (Å²) in [5.41, 5.74) is 2.14. The summed E-state index contributed by atoms with van der Waals surface area (Å²) < 4.78 is 34.7. The van der Waals surface area contributed by atoms with E-state index in [9.17, 15) is 8.42 Å². The summed E-state index contributed by atoms with van der Waals surface area (Å²) in [6, 6.07) is 9.79. The van der Waals surface area contributed by atoms with E-state index in [1.54, 1.807) is 6.26 Å². The number of rotatable bonds is 6. The lowest BCUT2D eigenvalue weighted by Crippen LogP contribution is -2.39. The zero-order chi connectivity index (χ0) is 17.0. The second-order valence-corrected chi connectivity index (χ2v) is 8.54. The first-order valence-corrected chi connectivity index (χ1v) is 10.0. The number of hydrogen-bond acceptors (Lipinski definition) is 5. The maximum atomic E-state index is 11.7. The minimum absolute atomic E-state index is 0.0166. The number of nitrogens with one attached hydrogen (secondary N) is 1. The normalized spacial score (nSPS) is 20.0. The molecule has 5 nitrogen and oxygen atoms in total. The van der Waals surface area contributed by atoms with Gasteiger partial charge in [0.25, 0.3) is 0 Å². The average molecular weight is 349 g/mol. The SMILES string of the molecule is Cc1ccc(CNC2CCCS(=O)(=O)C2)c(OCc2ccco2)c1. The molecule has 0 spiro atoms. The van der Waals surface area contributed by atoms with Crippen LogP contribution >= 0.6 is 0 Å². The molecule has 0 aliphatic carbocycles. The van der Waals surface area contributed by atoms with Gasteiger partial charge >= 0.3 is 0 Å². The molecule has 1 aliphatic heterocycles. The monoisotopic (exact) mass is 349 g/mol. The Morgan fingerprint density at radius 3 is 2.96 bits per heavy atom. The highest BCUT2D eigenvalue weighted by Crippen LogP contribution is 2.22. The van der Waals surface area contributed by atoms with Crippen LogP contribution < -0.4 is 10.1 Å². The second-order valence-electron chi connectivity index (χ2n) is 6.31. The number of aryl methyl sites for hydroxylation is 1. The quantitative estimate of drug-likeness (QED) is 0.868. The van der Waals surface area contributed by atoms with Crippen molar-refractivity contribution in [2.24, 2.45) is 0 Å². The fraction of sp³-hybridized carbons (Fsp3) is 0.444. The van der Waals surface area contributed by atoms with Crippen molar-refractivity contribution in [1.29, 1.82) is 0 Å². The third-order valence-corrected chi connectivity index (χ3v) is 6.04. The summed E-state index contributed by atoms with van der Waals surface area (Å²) in [6.07, 6.45) is 3.25. The third-order valence-electron chi connectivity index (χ3n) is 4.22. The molecule has 1 saturated heterocycles. The van der Waals surface area contributed by atoms with E-state index < -0.39 is 9.84 Å². The summed E-state index contributed by atoms with van der Waals surface area (Å²) in [5.74, 6) is 2.11. The Bertz CT molecular complexity index is 768. The molecule has 0 amide bonds. The first kappa shape index (κ1) is 17.0. The first-order valence-electron chi connectivity index (χ1n) is 8.20. The van der Waals surface area contributed by atoms with Crippen LogP contribution in [0.15, 0.2) is 41.0 Å². The van der Waals surface area contributed by atoms with Crippen LogP contribution in [-0.4, -0.2) is 26.0 Å². The van der Waals surface area contributed by atoms with Crippen LogP contribution in [0.2, 0.25) is 0 Å². The Kier molecular flexibility index (Phi) is 5.26. The van der Waals surface area contributed by atoms with E-state index in [2.05, 4.69) is 5.32 Å². The molecular formula is C18H23NO4S. The molecule has 1 N–H and O–H groups in total. The van der Waals surface area contributed by atoms with Crippen LogP contribution in [0.3, 0.4) is 0 Å². The predicted molar refractivity (Wildman–Crippen MR) is 92.7 cm³/mol. The smallest absolute Gasteiger partial charge is 0.151 e. The van der Waals surface area contributed by atoms with Gasteiger partial charge in [-0.2, -0.15) is 0 Å². The molecule has 24 heavy (non-hydrogen) atoms. The average Bonchev–Trinajstić information content (AvgIpc) is 3.04. The molecule has 1 fully saturated rings. The van der Waals surface area contributed by atoms with Crippen LogP contribution in [0.25, 0.3) is 0 Å². The molecule has 0 radical (unpaired) electrons. The summed E-state index contributed by atoms with van der Waals surface area (Å²) in [4.78, 5) is 0. The topological polar surface area (TPSA) is 68.5 Å². The van der Waals surface area contributed by atoms with Crippen LogP contribution in [0, 0.1) is 6.92 Å². The van der Waals surface area contributed by atoms with Crippen molar-refractivity contribution < 1.29 is 17.6 Å². The van der Waals surface area contributed by atoms with Gasteiger partial charge in [0.05, 0.1) is 17.8 Å². The van der Waals surface area contributed by atoms with Gasteiger partial charge in [-0.1, -0.05) is 12.1 Å². The molecular weight excluding hydrogens is 326 g/mol. The highest BCUT2D eigenvalue weighted by atomic mass is 32.2. The lowest BCUT2D eigenvalue weighted by atomic mass is 10.1. The summed E-state index contributed by atoms with van der Waals surface area (Å²) >= 11 is 0. The van der Waals surface area contributed by atoms with Gasteiger partial charge in [0.15, 0.2) is 9.84 Å². The van der Waals surface area contributed by atoms with Crippen LogP contribution in [0.5, 0.6) is 5.75 Å². The maximum absolute atomic E-state index is 11.7. The zero-order valence-electron chi connectivity index (χ0n) is 13.8. The van der Waals surface area contributed by atoms with Crippen LogP contribution in [0.1, 0.15) is 29.7 Å². The fourth-order valence-corrected chi connectivity index (χ4v) is 4.59. The number of benzene rings is 1. The third kappa shape index (κ3) is 4.61. The number of furan rings is 1. The minimum Gasteiger partial charge on any atom is -0.485 e. The van der Waals surface area contributed by atoms with E-state index in [0.717, 1.165) is 35.5 Å². The molecule has 0 bridgehead atoms. The maximum Gasteiger partial charge on any atom is 0.151 e. The van der Waals surface area contributed by atoms with Gasteiger partial charge in [-0.3, -0.25) is 0 Å². The van der Waals surface area contributed by atoms with Crippen molar-refractivity contribution in [3.8, 4) is 5.75 Å². The Morgan fingerprint density at radius 2 is 2.21 bits per heavy atom. The van der Waals surface area contributed by atoms with Gasteiger partial charge in [0.2, 0.25) is 0 Å². The molecule has 3 rings (SSSR count). The molecule has 6 heteroatoms. The van der Waals surface area contributed by atoms with Crippen molar-refractivity contribution in [1.82, 2.24) is 5.32 Å². The van der Waals surface area contributed by atoms with Gasteiger partial charge in [0.1, 0.15) is 18.1 Å². The number of sulfone groups is 1. The standard InChI is InChI=1S/C18H23NO4S/c1-14-6-7-15(11-19-16-4-3-9-24(20,21)13-16)18(10-14)23-12-17-5-2-8-22-17/h2,5-8,10,16,19H,3-4,9,11-13H2,1H3. The Labute approximate surface area is 142 Å². The minimum atomic E-state index is -2.90. The first-order chi connectivity index (χ1) is 11.5.